The zero-order chi connectivity index (χ0) is 9.97. The topological polar surface area (TPSA) is 35.9 Å². The first-order valence-corrected chi connectivity index (χ1v) is 5.67. The first kappa shape index (κ1) is 9.62. The van der Waals surface area contributed by atoms with E-state index in [1.54, 1.807) is 11.3 Å². The van der Waals surface area contributed by atoms with E-state index >= 15 is 0 Å². The second kappa shape index (κ2) is 4.07. The Balaban J connectivity index is 2.18. The fourth-order valence-corrected chi connectivity index (χ4v) is 2.63. The van der Waals surface area contributed by atoms with Crippen LogP contribution < -0.4 is 5.32 Å². The highest BCUT2D eigenvalue weighted by molar-refractivity contribution is 7.10. The van der Waals surface area contributed by atoms with Crippen LogP contribution in [0.15, 0.2) is 24.1 Å². The van der Waals surface area contributed by atoms with Gasteiger partial charge in [0.05, 0.1) is 0 Å². The lowest BCUT2D eigenvalue weighted by atomic mass is 10.0. The van der Waals surface area contributed by atoms with Gasteiger partial charge >= 0.3 is 0 Å². The van der Waals surface area contributed by atoms with Crippen molar-refractivity contribution in [2.45, 2.75) is 25.4 Å². The fourth-order valence-electron chi connectivity index (χ4n) is 1.78. The number of hydrogen-bond acceptors (Lipinski definition) is 3. The van der Waals surface area contributed by atoms with Crippen LogP contribution in [-0.2, 0) is 6.54 Å². The van der Waals surface area contributed by atoms with Gasteiger partial charge in [0.2, 0.25) is 0 Å². The van der Waals surface area contributed by atoms with Crippen molar-refractivity contribution >= 4 is 17.0 Å². The van der Waals surface area contributed by atoms with Crippen LogP contribution in [-0.4, -0.2) is 11.8 Å². The van der Waals surface area contributed by atoms with Gasteiger partial charge in [0.1, 0.15) is 0 Å². The average Bonchev–Trinajstić information content (AvgIpc) is 2.57. The van der Waals surface area contributed by atoms with E-state index in [9.17, 15) is 0 Å². The molecule has 2 rings (SSSR count). The molecule has 2 nitrogen and oxygen atoms in total. The van der Waals surface area contributed by atoms with E-state index < -0.39 is 0 Å². The molecular weight excluding hydrogens is 192 g/mol. The predicted octanol–water partition coefficient (Wildman–Crippen LogP) is 2.55. The Bertz CT molecular complexity index is 354. The molecule has 1 aliphatic heterocycles. The quantitative estimate of drug-likeness (QED) is 0.717. The molecule has 1 aromatic heterocycles. The van der Waals surface area contributed by atoms with Crippen LogP contribution in [0, 0.1) is 5.41 Å². The third-order valence-corrected chi connectivity index (χ3v) is 3.44. The van der Waals surface area contributed by atoms with Crippen molar-refractivity contribution < 1.29 is 0 Å². The van der Waals surface area contributed by atoms with Crippen molar-refractivity contribution in [2.75, 3.05) is 0 Å². The first-order valence-electron chi connectivity index (χ1n) is 4.79. The molecule has 3 heteroatoms. The van der Waals surface area contributed by atoms with E-state index in [0.29, 0.717) is 6.04 Å². The Morgan fingerprint density at radius 2 is 2.57 bits per heavy atom. The minimum absolute atomic E-state index is 0.389. The maximum atomic E-state index is 7.97. The molecule has 0 radical (unpaired) electrons. The van der Waals surface area contributed by atoms with Crippen LogP contribution in [0.1, 0.15) is 23.3 Å². The third kappa shape index (κ3) is 1.79. The van der Waals surface area contributed by atoms with Gasteiger partial charge < -0.3 is 10.7 Å². The van der Waals surface area contributed by atoms with Gasteiger partial charge in [-0.15, -0.1) is 17.9 Å². The van der Waals surface area contributed by atoms with Crippen LogP contribution in [0.5, 0.6) is 0 Å². The lowest BCUT2D eigenvalue weighted by Crippen LogP contribution is -2.27. The van der Waals surface area contributed by atoms with Crippen molar-refractivity contribution in [1.82, 2.24) is 5.32 Å². The number of hydrogen-bond donors (Lipinski definition) is 2. The van der Waals surface area contributed by atoms with Gasteiger partial charge in [0, 0.05) is 35.2 Å². The lowest BCUT2D eigenvalue weighted by molar-refractivity contribution is 0.539. The molecule has 1 aromatic rings. The van der Waals surface area contributed by atoms with E-state index in [4.69, 9.17) is 5.41 Å². The summed E-state index contributed by atoms with van der Waals surface area (Å²) in [7, 11) is 0. The molecule has 0 bridgehead atoms. The molecule has 1 aliphatic rings. The molecule has 2 N–H and O–H groups in total. The summed E-state index contributed by atoms with van der Waals surface area (Å²) in [5.74, 6) is 0. The highest BCUT2D eigenvalue weighted by atomic mass is 32.1. The highest BCUT2D eigenvalue weighted by Crippen LogP contribution is 2.22. The Labute approximate surface area is 88.2 Å². The summed E-state index contributed by atoms with van der Waals surface area (Å²) in [6, 6.07) is 2.44. The van der Waals surface area contributed by atoms with Crippen molar-refractivity contribution in [2.24, 2.45) is 0 Å². The van der Waals surface area contributed by atoms with Crippen LogP contribution in [0.2, 0.25) is 0 Å². The molecule has 0 saturated carbocycles. The molecule has 74 valence electrons. The molecule has 2 heterocycles. The molecule has 1 atom stereocenters. The molecule has 0 aliphatic carbocycles. The van der Waals surface area contributed by atoms with Crippen molar-refractivity contribution in [3.63, 3.8) is 0 Å². The number of fused-ring (bicyclic) bond motifs is 1. The van der Waals surface area contributed by atoms with Crippen LogP contribution in [0.25, 0.3) is 0 Å². The monoisotopic (exact) mass is 206 g/mol. The zero-order valence-electron chi connectivity index (χ0n) is 8.05. The summed E-state index contributed by atoms with van der Waals surface area (Å²) in [6.45, 7) is 4.64. The second-order valence-electron chi connectivity index (χ2n) is 3.54. The highest BCUT2D eigenvalue weighted by Gasteiger charge is 2.19. The van der Waals surface area contributed by atoms with Crippen LogP contribution in [0.4, 0.5) is 0 Å². The Morgan fingerprint density at radius 1 is 1.71 bits per heavy atom. The van der Waals surface area contributed by atoms with E-state index in [-0.39, 0.29) is 0 Å². The minimum Gasteiger partial charge on any atom is -0.308 e. The average molecular weight is 206 g/mol. The van der Waals surface area contributed by atoms with Crippen molar-refractivity contribution in [1.29, 1.82) is 5.41 Å². The maximum absolute atomic E-state index is 7.97. The van der Waals surface area contributed by atoms with Gasteiger partial charge in [0.25, 0.3) is 0 Å². The summed E-state index contributed by atoms with van der Waals surface area (Å²) in [5, 5.41) is 13.5. The fraction of sp³-hybridized carbons (Fsp3) is 0.364. The standard InChI is InChI=1S/C11H14N2S/c1-2-3-8-6-10(12)9-4-5-14-11(9)7-13-8/h2,4-5,8,12-13H,1,3,6-7H2. The molecular formula is C11H14N2S. The van der Waals surface area contributed by atoms with E-state index in [1.165, 1.54) is 4.88 Å². The van der Waals surface area contributed by atoms with Crippen LogP contribution >= 0.6 is 11.3 Å². The summed E-state index contributed by atoms with van der Waals surface area (Å²) in [6.07, 6.45) is 3.68. The van der Waals surface area contributed by atoms with E-state index in [0.717, 1.165) is 30.7 Å². The number of thiophene rings is 1. The lowest BCUT2D eigenvalue weighted by Gasteiger charge is -2.12. The van der Waals surface area contributed by atoms with Gasteiger partial charge in [-0.2, -0.15) is 0 Å². The van der Waals surface area contributed by atoms with Gasteiger partial charge in [-0.3, -0.25) is 0 Å². The summed E-state index contributed by atoms with van der Waals surface area (Å²) < 4.78 is 0. The largest absolute Gasteiger partial charge is 0.308 e. The minimum atomic E-state index is 0.389. The van der Waals surface area contributed by atoms with Gasteiger partial charge in [-0.05, 0) is 17.9 Å². The Hall–Kier alpha value is -0.930. The van der Waals surface area contributed by atoms with Gasteiger partial charge in [-0.1, -0.05) is 6.08 Å². The zero-order valence-corrected chi connectivity index (χ0v) is 8.86. The smallest absolute Gasteiger partial charge is 0.0413 e. The van der Waals surface area contributed by atoms with Crippen molar-refractivity contribution in [3.8, 4) is 0 Å². The first-order chi connectivity index (χ1) is 6.81. The molecule has 0 saturated heterocycles. The van der Waals surface area contributed by atoms with Crippen molar-refractivity contribution in [3.05, 3.63) is 34.5 Å². The van der Waals surface area contributed by atoms with E-state index in [1.807, 2.05) is 6.08 Å². The van der Waals surface area contributed by atoms with E-state index in [2.05, 4.69) is 23.3 Å². The molecule has 0 spiro atoms. The summed E-state index contributed by atoms with van der Waals surface area (Å²) in [5.41, 5.74) is 1.90. The number of rotatable bonds is 2. The second-order valence-corrected chi connectivity index (χ2v) is 4.54. The predicted molar refractivity (Wildman–Crippen MR) is 61.2 cm³/mol. The normalized spacial score (nSPS) is 21.4. The summed E-state index contributed by atoms with van der Waals surface area (Å²) in [4.78, 5) is 1.29. The van der Waals surface area contributed by atoms with Gasteiger partial charge in [0.15, 0.2) is 0 Å². The molecule has 1 unspecified atom stereocenters. The molecule has 0 amide bonds. The third-order valence-electron chi connectivity index (χ3n) is 2.52. The van der Waals surface area contributed by atoms with Gasteiger partial charge in [-0.25, -0.2) is 0 Å². The van der Waals surface area contributed by atoms with Crippen LogP contribution in [0.3, 0.4) is 0 Å². The maximum Gasteiger partial charge on any atom is 0.0413 e. The SMILES string of the molecule is C=CCC1CC(=N)c2ccsc2CN1. The molecule has 0 fully saturated rings. The molecule has 0 aromatic carbocycles. The summed E-state index contributed by atoms with van der Waals surface area (Å²) >= 11 is 1.73. The number of nitrogens with one attached hydrogen (secondary N) is 2. The molecule has 14 heavy (non-hydrogen) atoms. The Kier molecular flexibility index (Phi) is 2.79. The Morgan fingerprint density at radius 3 is 3.36 bits per heavy atom.